The van der Waals surface area contributed by atoms with Crippen LogP contribution in [0.3, 0.4) is 0 Å². The van der Waals surface area contributed by atoms with E-state index in [1.165, 1.54) is 0 Å². The molecule has 4 nitrogen and oxygen atoms in total. The van der Waals surface area contributed by atoms with Gasteiger partial charge in [0.15, 0.2) is 11.3 Å². The van der Waals surface area contributed by atoms with Crippen LogP contribution in [-0.2, 0) is 17.8 Å². The van der Waals surface area contributed by atoms with Gasteiger partial charge in [0.25, 0.3) is 0 Å². The van der Waals surface area contributed by atoms with Crippen LogP contribution in [0.1, 0.15) is 11.3 Å². The molecule has 0 saturated heterocycles. The van der Waals surface area contributed by atoms with Gasteiger partial charge in [0.1, 0.15) is 24.4 Å². The smallest absolute Gasteiger partial charge is 0.176 e. The number of carbonyl (C=O) groups excluding carboxylic acids is 1. The van der Waals surface area contributed by atoms with E-state index >= 15 is 0 Å². The van der Waals surface area contributed by atoms with Crippen molar-refractivity contribution in [3.63, 3.8) is 0 Å². The number of furan rings is 1. The maximum Gasteiger partial charge on any atom is 0.176 e. The van der Waals surface area contributed by atoms with Crippen molar-refractivity contribution < 1.29 is 18.7 Å². The number of hydrogen-bond donors (Lipinski definition) is 0. The summed E-state index contributed by atoms with van der Waals surface area (Å²) in [6, 6.07) is 15.4. The van der Waals surface area contributed by atoms with E-state index in [1.54, 1.807) is 13.2 Å². The van der Waals surface area contributed by atoms with Crippen LogP contribution in [0.15, 0.2) is 52.9 Å². The van der Waals surface area contributed by atoms with Gasteiger partial charge in [-0.3, -0.25) is 0 Å². The Kier molecular flexibility index (Phi) is 4.10. The molecule has 0 aliphatic carbocycles. The molecule has 4 heteroatoms. The second-order valence-corrected chi connectivity index (χ2v) is 4.90. The average Bonchev–Trinajstić information content (AvgIpc) is 2.96. The van der Waals surface area contributed by atoms with E-state index in [0.29, 0.717) is 29.4 Å². The molecular weight excluding hydrogens is 280 g/mol. The number of methoxy groups -OCH3 is 1. The third kappa shape index (κ3) is 2.96. The van der Waals surface area contributed by atoms with Crippen molar-refractivity contribution in [2.75, 3.05) is 7.11 Å². The molecule has 3 aromatic rings. The molecule has 0 spiro atoms. The molecule has 0 aliphatic heterocycles. The molecular formula is C18H16O4. The summed E-state index contributed by atoms with van der Waals surface area (Å²) in [7, 11) is 1.61. The third-order valence-electron chi connectivity index (χ3n) is 3.36. The minimum absolute atomic E-state index is 0.245. The number of aldehydes is 1. The molecule has 0 bridgehead atoms. The van der Waals surface area contributed by atoms with Gasteiger partial charge in [0, 0.05) is 11.5 Å². The molecule has 22 heavy (non-hydrogen) atoms. The standard InChI is InChI=1S/C18H16O4/c1-20-16-10-14-9-15(7-8-19)22-18(14)17(11-16)21-12-13-5-3-2-4-6-13/h2-6,8-11H,7,12H2,1H3. The predicted molar refractivity (Wildman–Crippen MR) is 83.3 cm³/mol. The first kappa shape index (κ1) is 14.2. The molecule has 0 amide bonds. The predicted octanol–water partition coefficient (Wildman–Crippen LogP) is 3.76. The summed E-state index contributed by atoms with van der Waals surface area (Å²) in [6.07, 6.45) is 1.06. The van der Waals surface area contributed by atoms with E-state index in [0.717, 1.165) is 17.2 Å². The van der Waals surface area contributed by atoms with Crippen LogP contribution >= 0.6 is 0 Å². The van der Waals surface area contributed by atoms with Crippen molar-refractivity contribution in [1.82, 2.24) is 0 Å². The Bertz CT molecular complexity index is 774. The maximum atomic E-state index is 10.7. The zero-order valence-electron chi connectivity index (χ0n) is 12.2. The molecule has 1 heterocycles. The van der Waals surface area contributed by atoms with Crippen LogP contribution in [0.2, 0.25) is 0 Å². The average molecular weight is 296 g/mol. The van der Waals surface area contributed by atoms with Gasteiger partial charge < -0.3 is 18.7 Å². The highest BCUT2D eigenvalue weighted by Gasteiger charge is 2.12. The topological polar surface area (TPSA) is 48.7 Å². The lowest BCUT2D eigenvalue weighted by atomic mass is 10.2. The van der Waals surface area contributed by atoms with E-state index in [-0.39, 0.29) is 6.42 Å². The first-order chi connectivity index (χ1) is 10.8. The minimum atomic E-state index is 0.245. The third-order valence-corrected chi connectivity index (χ3v) is 3.36. The van der Waals surface area contributed by atoms with Crippen LogP contribution < -0.4 is 9.47 Å². The van der Waals surface area contributed by atoms with E-state index in [9.17, 15) is 4.79 Å². The Morgan fingerprint density at radius 1 is 1.14 bits per heavy atom. The quantitative estimate of drug-likeness (QED) is 0.650. The largest absolute Gasteiger partial charge is 0.497 e. The van der Waals surface area contributed by atoms with Crippen molar-refractivity contribution in [2.24, 2.45) is 0 Å². The monoisotopic (exact) mass is 296 g/mol. The number of hydrogen-bond acceptors (Lipinski definition) is 4. The van der Waals surface area contributed by atoms with Crippen molar-refractivity contribution in [2.45, 2.75) is 13.0 Å². The fourth-order valence-electron chi connectivity index (χ4n) is 2.29. The molecule has 2 aromatic carbocycles. The number of rotatable bonds is 6. The molecule has 0 unspecified atom stereocenters. The molecule has 0 N–H and O–H groups in total. The van der Waals surface area contributed by atoms with Crippen molar-refractivity contribution >= 4 is 17.3 Å². The Labute approximate surface area is 128 Å². The summed E-state index contributed by atoms with van der Waals surface area (Å²) in [5.74, 6) is 1.91. The Morgan fingerprint density at radius 3 is 2.68 bits per heavy atom. The minimum Gasteiger partial charge on any atom is -0.497 e. The number of fused-ring (bicyclic) bond motifs is 1. The first-order valence-corrected chi connectivity index (χ1v) is 7.01. The van der Waals surface area contributed by atoms with Crippen molar-refractivity contribution in [3.8, 4) is 11.5 Å². The number of benzene rings is 2. The lowest BCUT2D eigenvalue weighted by Gasteiger charge is -2.08. The summed E-state index contributed by atoms with van der Waals surface area (Å²) >= 11 is 0. The van der Waals surface area contributed by atoms with E-state index in [1.807, 2.05) is 42.5 Å². The van der Waals surface area contributed by atoms with Gasteiger partial charge in [-0.05, 0) is 17.7 Å². The molecule has 0 aliphatic rings. The lowest BCUT2D eigenvalue weighted by Crippen LogP contribution is -1.96. The summed E-state index contributed by atoms with van der Waals surface area (Å²) in [4.78, 5) is 10.7. The summed E-state index contributed by atoms with van der Waals surface area (Å²) in [5, 5.41) is 0.860. The zero-order valence-corrected chi connectivity index (χ0v) is 12.2. The van der Waals surface area contributed by atoms with Crippen molar-refractivity contribution in [3.05, 3.63) is 59.9 Å². The zero-order chi connectivity index (χ0) is 15.4. The molecule has 0 atom stereocenters. The van der Waals surface area contributed by atoms with Crippen LogP contribution in [0.25, 0.3) is 11.0 Å². The first-order valence-electron chi connectivity index (χ1n) is 7.01. The highest BCUT2D eigenvalue weighted by atomic mass is 16.5. The summed E-state index contributed by atoms with van der Waals surface area (Å²) < 4.78 is 16.9. The van der Waals surface area contributed by atoms with Crippen LogP contribution in [0, 0.1) is 0 Å². The van der Waals surface area contributed by atoms with Gasteiger partial charge in [-0.2, -0.15) is 0 Å². The molecule has 0 saturated carbocycles. The molecule has 1 aromatic heterocycles. The van der Waals surface area contributed by atoms with E-state index < -0.39 is 0 Å². The van der Waals surface area contributed by atoms with Crippen molar-refractivity contribution in [1.29, 1.82) is 0 Å². The fraction of sp³-hybridized carbons (Fsp3) is 0.167. The number of ether oxygens (including phenoxy) is 2. The Hall–Kier alpha value is -2.75. The lowest BCUT2D eigenvalue weighted by molar-refractivity contribution is -0.107. The van der Waals surface area contributed by atoms with Gasteiger partial charge in [-0.1, -0.05) is 30.3 Å². The van der Waals surface area contributed by atoms with Gasteiger partial charge >= 0.3 is 0 Å². The fourth-order valence-corrected chi connectivity index (χ4v) is 2.29. The van der Waals surface area contributed by atoms with Crippen LogP contribution in [-0.4, -0.2) is 13.4 Å². The summed E-state index contributed by atoms with van der Waals surface area (Å²) in [6.45, 7) is 0.437. The highest BCUT2D eigenvalue weighted by Crippen LogP contribution is 2.34. The van der Waals surface area contributed by atoms with Gasteiger partial charge in [-0.15, -0.1) is 0 Å². The second-order valence-electron chi connectivity index (χ2n) is 4.90. The second kappa shape index (κ2) is 6.35. The van der Waals surface area contributed by atoms with Crippen LogP contribution in [0.5, 0.6) is 11.5 Å². The highest BCUT2D eigenvalue weighted by molar-refractivity contribution is 5.86. The van der Waals surface area contributed by atoms with Gasteiger partial charge in [-0.25, -0.2) is 0 Å². The summed E-state index contributed by atoms with van der Waals surface area (Å²) in [5.41, 5.74) is 1.70. The van der Waals surface area contributed by atoms with E-state index in [4.69, 9.17) is 13.9 Å². The molecule has 112 valence electrons. The molecule has 3 rings (SSSR count). The maximum absolute atomic E-state index is 10.7. The van der Waals surface area contributed by atoms with Gasteiger partial charge in [0.2, 0.25) is 0 Å². The Morgan fingerprint density at radius 2 is 1.95 bits per heavy atom. The SMILES string of the molecule is COc1cc(OCc2ccccc2)c2oc(CC=O)cc2c1. The molecule has 0 radical (unpaired) electrons. The normalized spacial score (nSPS) is 10.6. The van der Waals surface area contributed by atoms with Gasteiger partial charge in [0.05, 0.1) is 13.5 Å². The Balaban J connectivity index is 1.93. The molecule has 0 fully saturated rings. The van der Waals surface area contributed by atoms with E-state index in [2.05, 4.69) is 0 Å². The van der Waals surface area contributed by atoms with Crippen LogP contribution in [0.4, 0.5) is 0 Å². The number of carbonyl (C=O) groups is 1.